The van der Waals surface area contributed by atoms with Gasteiger partial charge in [-0.1, -0.05) is 0 Å². The fourth-order valence-electron chi connectivity index (χ4n) is 2.18. The Balaban J connectivity index is 1.85. The maximum Gasteiger partial charge on any atom is 0.331 e. The second kappa shape index (κ2) is 6.99. The van der Waals surface area contributed by atoms with Crippen LogP contribution in [-0.2, 0) is 9.53 Å². The molecule has 6 heteroatoms. The summed E-state index contributed by atoms with van der Waals surface area (Å²) >= 11 is 0. The molecule has 112 valence electrons. The number of rotatable bonds is 4. The lowest BCUT2D eigenvalue weighted by Crippen LogP contribution is -2.35. The summed E-state index contributed by atoms with van der Waals surface area (Å²) in [6.45, 7) is 1.87. The Morgan fingerprint density at radius 2 is 1.95 bits per heavy atom. The molecule has 21 heavy (non-hydrogen) atoms. The highest BCUT2D eigenvalue weighted by Gasteiger charge is 2.19. The van der Waals surface area contributed by atoms with Crippen molar-refractivity contribution in [3.63, 3.8) is 0 Å². The number of hydrogen-bond acceptors (Lipinski definition) is 5. The van der Waals surface area contributed by atoms with Crippen LogP contribution >= 0.6 is 0 Å². The SMILES string of the molecule is CN1CCC(OC(=O)/C=C/c2ccc([N+](=O)[O-])cc2)CC1. The van der Waals surface area contributed by atoms with Gasteiger partial charge < -0.3 is 9.64 Å². The van der Waals surface area contributed by atoms with Crippen molar-refractivity contribution < 1.29 is 14.5 Å². The van der Waals surface area contributed by atoms with Gasteiger partial charge in [-0.15, -0.1) is 0 Å². The summed E-state index contributed by atoms with van der Waals surface area (Å²) in [4.78, 5) is 24.0. The highest BCUT2D eigenvalue weighted by Crippen LogP contribution is 2.14. The number of esters is 1. The standard InChI is InChI=1S/C15H18N2O4/c1-16-10-8-14(9-11-16)21-15(18)7-4-12-2-5-13(6-3-12)17(19)20/h2-7,14H,8-11H2,1H3/b7-4+. The summed E-state index contributed by atoms with van der Waals surface area (Å²) in [5, 5.41) is 10.5. The van der Waals surface area contributed by atoms with Gasteiger partial charge in [0.15, 0.2) is 0 Å². The number of carbonyl (C=O) groups excluding carboxylic acids is 1. The van der Waals surface area contributed by atoms with E-state index in [2.05, 4.69) is 4.90 Å². The smallest absolute Gasteiger partial charge is 0.331 e. The zero-order valence-electron chi connectivity index (χ0n) is 11.9. The summed E-state index contributed by atoms with van der Waals surface area (Å²) in [5.41, 5.74) is 0.752. The fourth-order valence-corrected chi connectivity index (χ4v) is 2.18. The normalized spacial score (nSPS) is 17.0. The molecule has 0 spiro atoms. The Kier molecular flexibility index (Phi) is 5.05. The van der Waals surface area contributed by atoms with Gasteiger partial charge in [-0.3, -0.25) is 10.1 Å². The van der Waals surface area contributed by atoms with E-state index in [1.165, 1.54) is 18.2 Å². The van der Waals surface area contributed by atoms with E-state index in [9.17, 15) is 14.9 Å². The molecule has 0 saturated carbocycles. The molecule has 1 aromatic rings. The van der Waals surface area contributed by atoms with Crippen molar-refractivity contribution in [2.45, 2.75) is 18.9 Å². The molecule has 0 aliphatic carbocycles. The predicted octanol–water partition coefficient (Wildman–Crippen LogP) is 2.25. The molecule has 1 heterocycles. The average molecular weight is 290 g/mol. The van der Waals surface area contributed by atoms with Crippen molar-refractivity contribution in [3.05, 3.63) is 46.0 Å². The Morgan fingerprint density at radius 3 is 2.52 bits per heavy atom. The van der Waals surface area contributed by atoms with Crippen LogP contribution in [0.15, 0.2) is 30.3 Å². The predicted molar refractivity (Wildman–Crippen MR) is 78.7 cm³/mol. The van der Waals surface area contributed by atoms with Crippen molar-refractivity contribution >= 4 is 17.7 Å². The third-order valence-electron chi connectivity index (χ3n) is 3.46. The van der Waals surface area contributed by atoms with Gasteiger partial charge in [-0.25, -0.2) is 4.79 Å². The summed E-state index contributed by atoms with van der Waals surface area (Å²) in [7, 11) is 2.05. The molecule has 2 rings (SSSR count). The fraction of sp³-hybridized carbons (Fsp3) is 0.400. The third kappa shape index (κ3) is 4.68. The monoisotopic (exact) mass is 290 g/mol. The second-order valence-corrected chi connectivity index (χ2v) is 5.12. The Labute approximate surface area is 123 Å². The molecule has 0 radical (unpaired) electrons. The van der Waals surface area contributed by atoms with Crippen LogP contribution in [-0.4, -0.2) is 42.0 Å². The molecule has 0 amide bonds. The van der Waals surface area contributed by atoms with Crippen molar-refractivity contribution in [1.82, 2.24) is 4.90 Å². The highest BCUT2D eigenvalue weighted by molar-refractivity contribution is 5.87. The van der Waals surface area contributed by atoms with Crippen LogP contribution in [0, 0.1) is 10.1 Å². The van der Waals surface area contributed by atoms with Gasteiger partial charge in [0.1, 0.15) is 6.10 Å². The van der Waals surface area contributed by atoms with E-state index in [0.717, 1.165) is 31.5 Å². The molecule has 0 atom stereocenters. The molecule has 0 bridgehead atoms. The van der Waals surface area contributed by atoms with Gasteiger partial charge in [-0.05, 0) is 43.7 Å². The van der Waals surface area contributed by atoms with Crippen molar-refractivity contribution in [2.24, 2.45) is 0 Å². The number of nitrogens with zero attached hydrogens (tertiary/aromatic N) is 2. The average Bonchev–Trinajstić information content (AvgIpc) is 2.48. The minimum absolute atomic E-state index is 0.0183. The first kappa shape index (κ1) is 15.2. The van der Waals surface area contributed by atoms with Crippen molar-refractivity contribution in [1.29, 1.82) is 0 Å². The number of piperidine rings is 1. The molecule has 0 N–H and O–H groups in total. The largest absolute Gasteiger partial charge is 0.459 e. The van der Waals surface area contributed by atoms with Crippen LogP contribution in [0.5, 0.6) is 0 Å². The maximum atomic E-state index is 11.7. The number of carbonyl (C=O) groups is 1. The lowest BCUT2D eigenvalue weighted by Gasteiger charge is -2.28. The molecule has 0 unspecified atom stereocenters. The van der Waals surface area contributed by atoms with E-state index >= 15 is 0 Å². The summed E-state index contributed by atoms with van der Waals surface area (Å²) in [5.74, 6) is -0.372. The lowest BCUT2D eigenvalue weighted by atomic mass is 10.1. The van der Waals surface area contributed by atoms with Crippen LogP contribution in [0.4, 0.5) is 5.69 Å². The minimum Gasteiger partial charge on any atom is -0.459 e. The molecular formula is C15H18N2O4. The van der Waals surface area contributed by atoms with E-state index in [1.54, 1.807) is 18.2 Å². The van der Waals surface area contributed by atoms with Crippen LogP contribution < -0.4 is 0 Å². The van der Waals surface area contributed by atoms with Crippen LogP contribution in [0.2, 0.25) is 0 Å². The van der Waals surface area contributed by atoms with Gasteiger partial charge in [0.25, 0.3) is 5.69 Å². The number of likely N-dealkylation sites (tertiary alicyclic amines) is 1. The molecular weight excluding hydrogens is 272 g/mol. The number of non-ortho nitro benzene ring substituents is 1. The Morgan fingerprint density at radius 1 is 1.33 bits per heavy atom. The molecule has 6 nitrogen and oxygen atoms in total. The molecule has 1 aromatic carbocycles. The van der Waals surface area contributed by atoms with E-state index in [0.29, 0.717) is 0 Å². The zero-order valence-corrected chi connectivity index (χ0v) is 11.9. The zero-order chi connectivity index (χ0) is 15.2. The Hall–Kier alpha value is -2.21. The number of hydrogen-bond donors (Lipinski definition) is 0. The van der Waals surface area contributed by atoms with E-state index < -0.39 is 4.92 Å². The van der Waals surface area contributed by atoms with Gasteiger partial charge in [-0.2, -0.15) is 0 Å². The van der Waals surface area contributed by atoms with Gasteiger partial charge >= 0.3 is 5.97 Å². The van der Waals surface area contributed by atoms with E-state index in [4.69, 9.17) is 4.74 Å². The van der Waals surface area contributed by atoms with E-state index in [1.807, 2.05) is 7.05 Å². The van der Waals surface area contributed by atoms with Crippen molar-refractivity contribution in [2.75, 3.05) is 20.1 Å². The molecule has 0 aromatic heterocycles. The van der Waals surface area contributed by atoms with E-state index in [-0.39, 0.29) is 17.8 Å². The van der Waals surface area contributed by atoms with Crippen LogP contribution in [0.25, 0.3) is 6.08 Å². The first-order chi connectivity index (χ1) is 10.0. The van der Waals surface area contributed by atoms with Crippen LogP contribution in [0.3, 0.4) is 0 Å². The highest BCUT2D eigenvalue weighted by atomic mass is 16.6. The van der Waals surface area contributed by atoms with Gasteiger partial charge in [0.2, 0.25) is 0 Å². The number of ether oxygens (including phenoxy) is 1. The van der Waals surface area contributed by atoms with Gasteiger partial charge in [0.05, 0.1) is 4.92 Å². The summed E-state index contributed by atoms with van der Waals surface area (Å²) in [6, 6.07) is 6.00. The quantitative estimate of drug-likeness (QED) is 0.368. The number of nitro groups is 1. The first-order valence-corrected chi connectivity index (χ1v) is 6.86. The van der Waals surface area contributed by atoms with Gasteiger partial charge in [0, 0.05) is 31.3 Å². The maximum absolute atomic E-state index is 11.7. The number of nitro benzene ring substituents is 1. The van der Waals surface area contributed by atoms with Crippen molar-refractivity contribution in [3.8, 4) is 0 Å². The topological polar surface area (TPSA) is 72.7 Å². The molecule has 1 saturated heterocycles. The minimum atomic E-state index is -0.456. The van der Waals surface area contributed by atoms with Crippen LogP contribution in [0.1, 0.15) is 18.4 Å². The third-order valence-corrected chi connectivity index (χ3v) is 3.46. The summed E-state index contributed by atoms with van der Waals surface area (Å²) < 4.78 is 5.36. The Bertz CT molecular complexity index is 531. The second-order valence-electron chi connectivity index (χ2n) is 5.12. The number of benzene rings is 1. The molecule has 1 fully saturated rings. The lowest BCUT2D eigenvalue weighted by molar-refractivity contribution is -0.384. The molecule has 1 aliphatic rings. The summed E-state index contributed by atoms with van der Waals surface area (Å²) in [6.07, 6.45) is 4.65. The first-order valence-electron chi connectivity index (χ1n) is 6.86. The molecule has 1 aliphatic heterocycles.